The van der Waals surface area contributed by atoms with E-state index in [9.17, 15) is 13.0 Å². The average molecular weight is 261 g/mol. The molecule has 2 nitrogen and oxygen atoms in total. The van der Waals surface area contributed by atoms with Crippen LogP contribution < -0.4 is 5.73 Å². The number of halogens is 2. The Labute approximate surface area is 103 Å². The summed E-state index contributed by atoms with van der Waals surface area (Å²) >= 11 is 0. The second-order valence-corrected chi connectivity index (χ2v) is 5.70. The molecule has 2 atom stereocenters. The van der Waals surface area contributed by atoms with Crippen molar-refractivity contribution in [2.75, 3.05) is 11.5 Å². The van der Waals surface area contributed by atoms with Gasteiger partial charge < -0.3 is 5.73 Å². The maximum absolute atomic E-state index is 13.7. The summed E-state index contributed by atoms with van der Waals surface area (Å²) in [6, 6.07) is 7.37. The quantitative estimate of drug-likeness (QED) is 0.853. The molecular formula is C12H17F2NOS. The van der Waals surface area contributed by atoms with Crippen molar-refractivity contribution in [2.45, 2.75) is 25.3 Å². The van der Waals surface area contributed by atoms with E-state index < -0.39 is 22.5 Å². The van der Waals surface area contributed by atoms with E-state index in [2.05, 4.69) is 0 Å². The highest BCUT2D eigenvalue weighted by molar-refractivity contribution is 7.85. The molecule has 1 aromatic rings. The van der Waals surface area contributed by atoms with Crippen molar-refractivity contribution in [1.29, 1.82) is 0 Å². The van der Waals surface area contributed by atoms with Crippen molar-refractivity contribution >= 4 is 10.8 Å². The lowest BCUT2D eigenvalue weighted by Gasteiger charge is -2.16. The molecule has 0 fully saturated rings. The lowest BCUT2D eigenvalue weighted by molar-refractivity contribution is 0.0222. The first kappa shape index (κ1) is 14.3. The van der Waals surface area contributed by atoms with Gasteiger partial charge in [-0.1, -0.05) is 30.3 Å². The largest absolute Gasteiger partial charge is 0.328 e. The zero-order valence-corrected chi connectivity index (χ0v) is 10.6. The van der Waals surface area contributed by atoms with Gasteiger partial charge in [0.2, 0.25) is 0 Å². The molecule has 0 heterocycles. The standard InChI is InChI=1S/C12H17F2NOS/c1-10(15)7-8-17(16)9-12(13,14)11-5-3-2-4-6-11/h2-6,10H,7-9,15H2,1H3. The average Bonchev–Trinajstić information content (AvgIpc) is 2.27. The maximum atomic E-state index is 13.7. The number of hydrogen-bond acceptors (Lipinski definition) is 2. The van der Waals surface area contributed by atoms with Gasteiger partial charge in [0.1, 0.15) is 0 Å². The first-order valence-corrected chi connectivity index (χ1v) is 6.94. The van der Waals surface area contributed by atoms with Crippen molar-refractivity contribution in [3.8, 4) is 0 Å². The Hall–Kier alpha value is -0.810. The molecule has 0 saturated heterocycles. The summed E-state index contributed by atoms with van der Waals surface area (Å²) in [4.78, 5) is 0. The lowest BCUT2D eigenvalue weighted by atomic mass is 10.1. The minimum absolute atomic E-state index is 0.0888. The number of rotatable bonds is 6. The van der Waals surface area contributed by atoms with Gasteiger partial charge in [0.25, 0.3) is 5.92 Å². The van der Waals surface area contributed by atoms with Crippen molar-refractivity contribution in [2.24, 2.45) is 5.73 Å². The van der Waals surface area contributed by atoms with Gasteiger partial charge in [-0.3, -0.25) is 4.21 Å². The van der Waals surface area contributed by atoms with E-state index in [1.165, 1.54) is 12.1 Å². The van der Waals surface area contributed by atoms with Gasteiger partial charge in [-0.2, -0.15) is 0 Å². The van der Waals surface area contributed by atoms with Crippen LogP contribution in [0.25, 0.3) is 0 Å². The maximum Gasteiger partial charge on any atom is 0.284 e. The van der Waals surface area contributed by atoms with E-state index in [-0.39, 0.29) is 17.4 Å². The van der Waals surface area contributed by atoms with Crippen LogP contribution in [-0.4, -0.2) is 21.8 Å². The van der Waals surface area contributed by atoms with E-state index >= 15 is 0 Å². The minimum Gasteiger partial charge on any atom is -0.328 e. The van der Waals surface area contributed by atoms with Crippen LogP contribution in [0.4, 0.5) is 8.78 Å². The molecule has 0 aliphatic heterocycles. The Morgan fingerprint density at radius 2 is 1.94 bits per heavy atom. The molecule has 2 N–H and O–H groups in total. The monoisotopic (exact) mass is 261 g/mol. The molecule has 96 valence electrons. The highest BCUT2D eigenvalue weighted by Gasteiger charge is 2.33. The predicted octanol–water partition coefficient (Wildman–Crippen LogP) is 2.26. The predicted molar refractivity (Wildman–Crippen MR) is 66.5 cm³/mol. The summed E-state index contributed by atoms with van der Waals surface area (Å²) < 4.78 is 38.9. The SMILES string of the molecule is CC(N)CCS(=O)CC(F)(F)c1ccccc1. The molecule has 0 aliphatic rings. The second-order valence-electron chi connectivity index (χ2n) is 4.12. The van der Waals surface area contributed by atoms with Gasteiger partial charge in [0.05, 0.1) is 5.75 Å². The van der Waals surface area contributed by atoms with E-state index in [1.54, 1.807) is 25.1 Å². The van der Waals surface area contributed by atoms with Crippen molar-refractivity contribution in [1.82, 2.24) is 0 Å². The Bertz CT molecular complexity index is 368. The molecule has 17 heavy (non-hydrogen) atoms. The molecule has 1 aromatic carbocycles. The van der Waals surface area contributed by atoms with E-state index in [0.29, 0.717) is 6.42 Å². The Morgan fingerprint density at radius 3 is 2.47 bits per heavy atom. The van der Waals surface area contributed by atoms with Crippen LogP contribution in [0.1, 0.15) is 18.9 Å². The number of benzene rings is 1. The molecule has 0 saturated carbocycles. The summed E-state index contributed by atoms with van der Waals surface area (Å²) in [5, 5.41) is 0. The fourth-order valence-electron chi connectivity index (χ4n) is 1.36. The third kappa shape index (κ3) is 4.91. The van der Waals surface area contributed by atoms with Gasteiger partial charge in [-0.15, -0.1) is 0 Å². The number of alkyl halides is 2. The van der Waals surface area contributed by atoms with Crippen molar-refractivity contribution in [3.05, 3.63) is 35.9 Å². The fraction of sp³-hybridized carbons (Fsp3) is 0.500. The van der Waals surface area contributed by atoms with Gasteiger partial charge in [-0.25, -0.2) is 8.78 Å². The highest BCUT2D eigenvalue weighted by atomic mass is 32.2. The van der Waals surface area contributed by atoms with Crippen LogP contribution in [0.3, 0.4) is 0 Å². The summed E-state index contributed by atoms with van der Waals surface area (Å²) in [7, 11) is -1.54. The van der Waals surface area contributed by atoms with Gasteiger partial charge in [0, 0.05) is 28.2 Å². The van der Waals surface area contributed by atoms with Gasteiger partial charge in [0.15, 0.2) is 0 Å². The normalized spacial score (nSPS) is 15.5. The van der Waals surface area contributed by atoms with Crippen LogP contribution in [0.2, 0.25) is 0 Å². The smallest absolute Gasteiger partial charge is 0.284 e. The molecule has 2 unspecified atom stereocenters. The third-order valence-electron chi connectivity index (χ3n) is 2.34. The number of hydrogen-bond donors (Lipinski definition) is 1. The highest BCUT2D eigenvalue weighted by Crippen LogP contribution is 2.28. The molecular weight excluding hydrogens is 244 g/mol. The first-order chi connectivity index (χ1) is 7.92. The van der Waals surface area contributed by atoms with Crippen LogP contribution in [0.15, 0.2) is 30.3 Å². The summed E-state index contributed by atoms with van der Waals surface area (Å²) in [5.74, 6) is -3.45. The summed E-state index contributed by atoms with van der Waals surface area (Å²) in [5.41, 5.74) is 5.40. The molecule has 0 amide bonds. The second kappa shape index (κ2) is 6.21. The van der Waals surface area contributed by atoms with E-state index in [0.717, 1.165) is 0 Å². The molecule has 5 heteroatoms. The Morgan fingerprint density at radius 1 is 1.35 bits per heavy atom. The molecule has 1 rings (SSSR count). The fourth-order valence-corrected chi connectivity index (χ4v) is 2.71. The first-order valence-electron chi connectivity index (χ1n) is 5.46. The molecule has 0 aliphatic carbocycles. The van der Waals surface area contributed by atoms with Crippen LogP contribution in [-0.2, 0) is 16.7 Å². The third-order valence-corrected chi connectivity index (χ3v) is 3.71. The molecule has 0 aromatic heterocycles. The topological polar surface area (TPSA) is 43.1 Å². The van der Waals surface area contributed by atoms with Crippen molar-refractivity contribution in [3.63, 3.8) is 0 Å². The Balaban J connectivity index is 2.58. The lowest BCUT2D eigenvalue weighted by Crippen LogP contribution is -2.25. The molecule has 0 bridgehead atoms. The van der Waals surface area contributed by atoms with E-state index in [4.69, 9.17) is 5.73 Å². The molecule has 0 radical (unpaired) electrons. The summed E-state index contributed by atoms with van der Waals surface area (Å²) in [6.07, 6.45) is 0.498. The Kier molecular flexibility index (Phi) is 5.21. The van der Waals surface area contributed by atoms with Gasteiger partial charge >= 0.3 is 0 Å². The summed E-state index contributed by atoms with van der Waals surface area (Å²) in [6.45, 7) is 1.77. The van der Waals surface area contributed by atoms with Crippen molar-refractivity contribution < 1.29 is 13.0 Å². The van der Waals surface area contributed by atoms with Crippen LogP contribution in [0, 0.1) is 0 Å². The minimum atomic E-state index is -3.04. The molecule has 0 spiro atoms. The van der Waals surface area contributed by atoms with Crippen LogP contribution in [0.5, 0.6) is 0 Å². The van der Waals surface area contributed by atoms with Crippen LogP contribution >= 0.6 is 0 Å². The van der Waals surface area contributed by atoms with Gasteiger partial charge in [-0.05, 0) is 13.3 Å². The number of nitrogens with two attached hydrogens (primary N) is 1. The van der Waals surface area contributed by atoms with E-state index in [1.807, 2.05) is 0 Å². The zero-order chi connectivity index (χ0) is 12.9. The zero-order valence-electron chi connectivity index (χ0n) is 9.74.